The molecule has 126 valence electrons. The van der Waals surface area contributed by atoms with Gasteiger partial charge in [0.25, 0.3) is 5.91 Å². The molecule has 2 N–H and O–H groups in total. The molecule has 0 unspecified atom stereocenters. The van der Waals surface area contributed by atoms with Crippen molar-refractivity contribution in [3.63, 3.8) is 0 Å². The molecular weight excluding hydrogens is 345 g/mol. The van der Waals surface area contributed by atoms with Gasteiger partial charge < -0.3 is 10.6 Å². The maximum atomic E-state index is 12.4. The number of rotatable bonds is 4. The number of amides is 1. The number of carbonyl (C=O) groups excluding carboxylic acids is 1. The van der Waals surface area contributed by atoms with E-state index in [4.69, 9.17) is 23.2 Å². The van der Waals surface area contributed by atoms with Gasteiger partial charge in [0.05, 0.1) is 21.3 Å². The van der Waals surface area contributed by atoms with Gasteiger partial charge in [0, 0.05) is 24.1 Å². The average Bonchev–Trinajstić information content (AvgIpc) is 2.59. The second-order valence-corrected chi connectivity index (χ2v) is 6.84. The largest absolute Gasteiger partial charge is 0.381 e. The van der Waals surface area contributed by atoms with Crippen LogP contribution in [0.4, 0.5) is 11.4 Å². The first kappa shape index (κ1) is 17.1. The zero-order valence-electron chi connectivity index (χ0n) is 13.2. The predicted octanol–water partition coefficient (Wildman–Crippen LogP) is 5.39. The molecule has 3 rings (SSSR count). The topological polar surface area (TPSA) is 54.0 Å². The molecule has 0 atom stereocenters. The van der Waals surface area contributed by atoms with Gasteiger partial charge in [0.15, 0.2) is 0 Å². The summed E-state index contributed by atoms with van der Waals surface area (Å²) in [5.74, 6) is -0.229. The SMILES string of the molecule is O=C(Nc1ccc(Cl)c(Cl)c1)c1cncc(NC2CCCCC2)c1. The zero-order valence-corrected chi connectivity index (χ0v) is 14.7. The first-order valence-electron chi connectivity index (χ1n) is 8.10. The Bertz CT molecular complexity index is 730. The first-order chi connectivity index (χ1) is 11.6. The van der Waals surface area contributed by atoms with Gasteiger partial charge in [0.2, 0.25) is 0 Å². The minimum Gasteiger partial charge on any atom is -0.381 e. The van der Waals surface area contributed by atoms with E-state index >= 15 is 0 Å². The maximum Gasteiger partial charge on any atom is 0.257 e. The highest BCUT2D eigenvalue weighted by atomic mass is 35.5. The van der Waals surface area contributed by atoms with E-state index in [1.807, 2.05) is 6.07 Å². The van der Waals surface area contributed by atoms with Gasteiger partial charge in [-0.1, -0.05) is 42.5 Å². The number of carbonyl (C=O) groups is 1. The quantitative estimate of drug-likeness (QED) is 0.765. The molecule has 0 aliphatic heterocycles. The summed E-state index contributed by atoms with van der Waals surface area (Å²) in [4.78, 5) is 16.6. The van der Waals surface area contributed by atoms with E-state index in [1.54, 1.807) is 30.6 Å². The number of nitrogens with one attached hydrogen (secondary N) is 2. The van der Waals surface area contributed by atoms with E-state index in [-0.39, 0.29) is 5.91 Å². The lowest BCUT2D eigenvalue weighted by Crippen LogP contribution is -2.22. The number of halogens is 2. The lowest BCUT2D eigenvalue weighted by Gasteiger charge is -2.23. The van der Waals surface area contributed by atoms with Crippen LogP contribution < -0.4 is 10.6 Å². The van der Waals surface area contributed by atoms with Crippen LogP contribution in [0.25, 0.3) is 0 Å². The Kier molecular flexibility index (Phi) is 5.59. The fourth-order valence-electron chi connectivity index (χ4n) is 2.90. The lowest BCUT2D eigenvalue weighted by molar-refractivity contribution is 0.102. The van der Waals surface area contributed by atoms with Crippen LogP contribution in [0.15, 0.2) is 36.7 Å². The minimum absolute atomic E-state index is 0.229. The molecule has 1 amide bonds. The van der Waals surface area contributed by atoms with Crippen LogP contribution in [0.5, 0.6) is 0 Å². The predicted molar refractivity (Wildman–Crippen MR) is 99.1 cm³/mol. The van der Waals surface area contributed by atoms with Gasteiger partial charge in [-0.3, -0.25) is 9.78 Å². The molecule has 1 fully saturated rings. The summed E-state index contributed by atoms with van der Waals surface area (Å²) in [5, 5.41) is 7.14. The second kappa shape index (κ2) is 7.86. The monoisotopic (exact) mass is 363 g/mol. The molecule has 1 aliphatic carbocycles. The smallest absolute Gasteiger partial charge is 0.257 e. The van der Waals surface area contributed by atoms with Crippen molar-refractivity contribution in [2.45, 2.75) is 38.1 Å². The molecule has 0 radical (unpaired) electrons. The van der Waals surface area contributed by atoms with Crippen LogP contribution in [0.1, 0.15) is 42.5 Å². The fourth-order valence-corrected chi connectivity index (χ4v) is 3.20. The van der Waals surface area contributed by atoms with Crippen molar-refractivity contribution in [1.82, 2.24) is 4.98 Å². The van der Waals surface area contributed by atoms with E-state index in [2.05, 4.69) is 15.6 Å². The summed E-state index contributed by atoms with van der Waals surface area (Å²) in [6.45, 7) is 0. The van der Waals surface area contributed by atoms with Crippen molar-refractivity contribution >= 4 is 40.5 Å². The Morgan fingerprint density at radius 3 is 2.54 bits per heavy atom. The molecule has 1 heterocycles. The van der Waals surface area contributed by atoms with Crippen LogP contribution in [0.3, 0.4) is 0 Å². The molecule has 4 nitrogen and oxygen atoms in total. The molecule has 0 spiro atoms. The van der Waals surface area contributed by atoms with E-state index in [0.29, 0.717) is 27.3 Å². The van der Waals surface area contributed by atoms with Crippen molar-refractivity contribution in [2.24, 2.45) is 0 Å². The number of nitrogens with zero attached hydrogens (tertiary/aromatic N) is 1. The van der Waals surface area contributed by atoms with Crippen LogP contribution in [0.2, 0.25) is 10.0 Å². The van der Waals surface area contributed by atoms with Gasteiger partial charge in [-0.2, -0.15) is 0 Å². The lowest BCUT2D eigenvalue weighted by atomic mass is 9.95. The molecule has 1 aromatic carbocycles. The van der Waals surface area contributed by atoms with Gasteiger partial charge in [-0.15, -0.1) is 0 Å². The van der Waals surface area contributed by atoms with Crippen LogP contribution >= 0.6 is 23.2 Å². The molecule has 0 saturated heterocycles. The van der Waals surface area contributed by atoms with Crippen molar-refractivity contribution in [3.8, 4) is 0 Å². The Balaban J connectivity index is 1.68. The fraction of sp³-hybridized carbons (Fsp3) is 0.333. The summed E-state index contributed by atoms with van der Waals surface area (Å²) in [7, 11) is 0. The summed E-state index contributed by atoms with van der Waals surface area (Å²) in [5.41, 5.74) is 1.98. The van der Waals surface area contributed by atoms with Crippen molar-refractivity contribution in [1.29, 1.82) is 0 Å². The van der Waals surface area contributed by atoms with E-state index in [9.17, 15) is 4.79 Å². The average molecular weight is 364 g/mol. The van der Waals surface area contributed by atoms with Gasteiger partial charge in [-0.25, -0.2) is 0 Å². The summed E-state index contributed by atoms with van der Waals surface area (Å²) in [6, 6.07) is 7.28. The van der Waals surface area contributed by atoms with Crippen LogP contribution in [-0.4, -0.2) is 16.9 Å². The highest BCUT2D eigenvalue weighted by Crippen LogP contribution is 2.26. The summed E-state index contributed by atoms with van der Waals surface area (Å²) in [6.07, 6.45) is 9.45. The Morgan fingerprint density at radius 2 is 1.79 bits per heavy atom. The van der Waals surface area contributed by atoms with E-state index < -0.39 is 0 Å². The number of hydrogen-bond donors (Lipinski definition) is 2. The highest BCUT2D eigenvalue weighted by molar-refractivity contribution is 6.42. The normalized spacial score (nSPS) is 15.1. The van der Waals surface area contributed by atoms with Gasteiger partial charge in [-0.05, 0) is 37.1 Å². The molecule has 1 saturated carbocycles. The zero-order chi connectivity index (χ0) is 16.9. The summed E-state index contributed by atoms with van der Waals surface area (Å²) < 4.78 is 0. The number of aromatic nitrogens is 1. The Hall–Kier alpha value is -1.78. The molecular formula is C18H19Cl2N3O. The molecule has 1 aliphatic rings. The molecule has 24 heavy (non-hydrogen) atoms. The number of anilines is 2. The Morgan fingerprint density at radius 1 is 1.00 bits per heavy atom. The molecule has 6 heteroatoms. The number of pyridine rings is 1. The van der Waals surface area contributed by atoms with Crippen molar-refractivity contribution < 1.29 is 4.79 Å². The number of hydrogen-bond acceptors (Lipinski definition) is 3. The third-order valence-corrected chi connectivity index (χ3v) is 4.89. The van der Waals surface area contributed by atoms with Crippen molar-refractivity contribution in [3.05, 3.63) is 52.3 Å². The minimum atomic E-state index is -0.229. The van der Waals surface area contributed by atoms with Gasteiger partial charge in [0.1, 0.15) is 0 Å². The van der Waals surface area contributed by atoms with Gasteiger partial charge >= 0.3 is 0 Å². The van der Waals surface area contributed by atoms with E-state index in [1.165, 1.54) is 32.1 Å². The highest BCUT2D eigenvalue weighted by Gasteiger charge is 2.14. The summed E-state index contributed by atoms with van der Waals surface area (Å²) >= 11 is 11.9. The van der Waals surface area contributed by atoms with Crippen LogP contribution in [0, 0.1) is 0 Å². The van der Waals surface area contributed by atoms with Crippen molar-refractivity contribution in [2.75, 3.05) is 10.6 Å². The molecule has 2 aromatic rings. The Labute approximate surface area is 151 Å². The first-order valence-corrected chi connectivity index (χ1v) is 8.85. The number of benzene rings is 1. The van der Waals surface area contributed by atoms with E-state index in [0.717, 1.165) is 5.69 Å². The maximum absolute atomic E-state index is 12.4. The third-order valence-electron chi connectivity index (χ3n) is 4.15. The molecule has 0 bridgehead atoms. The third kappa shape index (κ3) is 4.40. The standard InChI is InChI=1S/C18H19Cl2N3O/c19-16-7-6-14(9-17(16)20)23-18(24)12-8-15(11-21-10-12)22-13-4-2-1-3-5-13/h6-11,13,22H,1-5H2,(H,23,24). The molecule has 1 aromatic heterocycles. The van der Waals surface area contributed by atoms with Crippen LogP contribution in [-0.2, 0) is 0 Å². The second-order valence-electron chi connectivity index (χ2n) is 6.02.